The minimum Gasteiger partial charge on any atom is -0.468 e. The largest absolute Gasteiger partial charge is 0.468 e. The van der Waals surface area contributed by atoms with Gasteiger partial charge in [-0.15, -0.1) is 0 Å². The Morgan fingerprint density at radius 2 is 2.08 bits per heavy atom. The van der Waals surface area contributed by atoms with Gasteiger partial charge in [0.25, 0.3) is 0 Å². The molecule has 0 aliphatic heterocycles. The number of rotatable bonds is 2. The number of aryl methyl sites for hydroxylation is 1. The zero-order chi connectivity index (χ0) is 9.19. The minimum atomic E-state index is 0.152. The summed E-state index contributed by atoms with van der Waals surface area (Å²) in [6, 6.07) is 1.99. The van der Waals surface area contributed by atoms with Crippen molar-refractivity contribution in [3.63, 3.8) is 0 Å². The summed E-state index contributed by atoms with van der Waals surface area (Å²) in [6.45, 7) is 9.30. The third kappa shape index (κ3) is 2.70. The van der Waals surface area contributed by atoms with Gasteiger partial charge in [0.05, 0.1) is 12.8 Å². The van der Waals surface area contributed by atoms with Crippen molar-refractivity contribution in [2.45, 2.75) is 39.8 Å². The van der Waals surface area contributed by atoms with Crippen molar-refractivity contribution in [1.29, 1.82) is 0 Å². The van der Waals surface area contributed by atoms with Crippen LogP contribution < -0.4 is 5.32 Å². The van der Waals surface area contributed by atoms with Gasteiger partial charge in [-0.1, -0.05) is 0 Å². The second kappa shape index (κ2) is 3.31. The van der Waals surface area contributed by atoms with E-state index in [9.17, 15) is 0 Å². The highest BCUT2D eigenvalue weighted by Crippen LogP contribution is 2.10. The van der Waals surface area contributed by atoms with Gasteiger partial charge in [0, 0.05) is 5.54 Å². The van der Waals surface area contributed by atoms with E-state index in [1.807, 2.05) is 6.07 Å². The maximum atomic E-state index is 5.30. The van der Waals surface area contributed by atoms with E-state index >= 15 is 0 Å². The second-order valence-electron chi connectivity index (χ2n) is 4.13. The average Bonchev–Trinajstić information content (AvgIpc) is 2.29. The van der Waals surface area contributed by atoms with Gasteiger partial charge in [0.1, 0.15) is 5.76 Å². The molecule has 68 valence electrons. The van der Waals surface area contributed by atoms with Gasteiger partial charge in [0.15, 0.2) is 0 Å². The summed E-state index contributed by atoms with van der Waals surface area (Å²) in [5.74, 6) is 1.03. The fourth-order valence-corrected chi connectivity index (χ4v) is 0.931. The standard InChI is InChI=1S/C10H17NO/c1-8-5-6-12-9(8)7-11-10(2,3)4/h5-6,11H,7H2,1-4H3. The Balaban J connectivity index is 2.49. The molecule has 1 N–H and O–H groups in total. The molecule has 1 aromatic rings. The third-order valence-electron chi connectivity index (χ3n) is 1.75. The molecule has 0 aliphatic rings. The highest BCUT2D eigenvalue weighted by Gasteiger charge is 2.10. The number of nitrogens with one attached hydrogen (secondary N) is 1. The van der Waals surface area contributed by atoms with Crippen LogP contribution >= 0.6 is 0 Å². The molecule has 0 amide bonds. The van der Waals surface area contributed by atoms with Gasteiger partial charge in [-0.3, -0.25) is 0 Å². The van der Waals surface area contributed by atoms with E-state index in [2.05, 4.69) is 33.0 Å². The van der Waals surface area contributed by atoms with E-state index in [1.54, 1.807) is 6.26 Å². The van der Waals surface area contributed by atoms with E-state index in [0.717, 1.165) is 12.3 Å². The third-order valence-corrected chi connectivity index (χ3v) is 1.75. The van der Waals surface area contributed by atoms with Crippen molar-refractivity contribution in [3.05, 3.63) is 23.7 Å². The van der Waals surface area contributed by atoms with Crippen LogP contribution in [-0.2, 0) is 6.54 Å². The van der Waals surface area contributed by atoms with Crippen LogP contribution in [0.4, 0.5) is 0 Å². The smallest absolute Gasteiger partial charge is 0.120 e. The van der Waals surface area contributed by atoms with Crippen LogP contribution in [0.25, 0.3) is 0 Å². The molecular formula is C10H17NO. The van der Waals surface area contributed by atoms with Gasteiger partial charge in [-0.25, -0.2) is 0 Å². The molecule has 2 heteroatoms. The fraction of sp³-hybridized carbons (Fsp3) is 0.600. The predicted molar refractivity (Wildman–Crippen MR) is 50.0 cm³/mol. The summed E-state index contributed by atoms with van der Waals surface area (Å²) in [7, 11) is 0. The van der Waals surface area contributed by atoms with Gasteiger partial charge in [-0.2, -0.15) is 0 Å². The maximum Gasteiger partial charge on any atom is 0.120 e. The summed E-state index contributed by atoms with van der Waals surface area (Å²) >= 11 is 0. The van der Waals surface area contributed by atoms with Crippen molar-refractivity contribution in [3.8, 4) is 0 Å². The predicted octanol–water partition coefficient (Wildman–Crippen LogP) is 2.48. The SMILES string of the molecule is Cc1ccoc1CNC(C)(C)C. The quantitative estimate of drug-likeness (QED) is 0.732. The molecule has 0 atom stereocenters. The molecule has 1 heterocycles. The normalized spacial score (nSPS) is 12.0. The van der Waals surface area contributed by atoms with Crippen molar-refractivity contribution in [1.82, 2.24) is 5.32 Å². The maximum absolute atomic E-state index is 5.30. The zero-order valence-electron chi connectivity index (χ0n) is 8.27. The minimum absolute atomic E-state index is 0.152. The molecule has 0 unspecified atom stereocenters. The first-order chi connectivity index (χ1) is 5.49. The Kier molecular flexibility index (Phi) is 2.58. The van der Waals surface area contributed by atoms with Crippen LogP contribution in [0.15, 0.2) is 16.7 Å². The molecule has 0 saturated carbocycles. The number of furan rings is 1. The summed E-state index contributed by atoms with van der Waals surface area (Å²) < 4.78 is 5.30. The van der Waals surface area contributed by atoms with Crippen LogP contribution in [0.3, 0.4) is 0 Å². The Hall–Kier alpha value is -0.760. The van der Waals surface area contributed by atoms with Gasteiger partial charge in [-0.05, 0) is 39.3 Å². The van der Waals surface area contributed by atoms with E-state index in [-0.39, 0.29) is 5.54 Å². The average molecular weight is 167 g/mol. The highest BCUT2D eigenvalue weighted by molar-refractivity contribution is 5.14. The van der Waals surface area contributed by atoms with E-state index in [1.165, 1.54) is 5.56 Å². The molecule has 0 saturated heterocycles. The number of hydrogen-bond acceptors (Lipinski definition) is 2. The van der Waals surface area contributed by atoms with Crippen molar-refractivity contribution >= 4 is 0 Å². The van der Waals surface area contributed by atoms with Crippen LogP contribution in [0.5, 0.6) is 0 Å². The molecule has 0 aliphatic carbocycles. The Morgan fingerprint density at radius 3 is 2.50 bits per heavy atom. The summed E-state index contributed by atoms with van der Waals surface area (Å²) in [5, 5.41) is 3.37. The van der Waals surface area contributed by atoms with E-state index in [0.29, 0.717) is 0 Å². The Labute approximate surface area is 74.0 Å². The van der Waals surface area contributed by atoms with E-state index in [4.69, 9.17) is 4.42 Å². The van der Waals surface area contributed by atoms with Crippen LogP contribution in [0.2, 0.25) is 0 Å². The van der Waals surface area contributed by atoms with Gasteiger partial charge < -0.3 is 9.73 Å². The lowest BCUT2D eigenvalue weighted by atomic mass is 10.1. The zero-order valence-corrected chi connectivity index (χ0v) is 8.27. The first kappa shape index (κ1) is 9.33. The second-order valence-corrected chi connectivity index (χ2v) is 4.13. The first-order valence-electron chi connectivity index (χ1n) is 4.27. The molecule has 2 nitrogen and oxygen atoms in total. The highest BCUT2D eigenvalue weighted by atomic mass is 16.3. The van der Waals surface area contributed by atoms with Crippen molar-refractivity contribution in [2.24, 2.45) is 0 Å². The summed E-state index contributed by atoms with van der Waals surface area (Å²) in [4.78, 5) is 0. The lowest BCUT2D eigenvalue weighted by molar-refractivity contribution is 0.387. The molecule has 0 aromatic carbocycles. The Morgan fingerprint density at radius 1 is 1.42 bits per heavy atom. The van der Waals surface area contributed by atoms with Crippen LogP contribution in [0, 0.1) is 6.92 Å². The lowest BCUT2D eigenvalue weighted by Gasteiger charge is -2.19. The van der Waals surface area contributed by atoms with Crippen LogP contribution in [0.1, 0.15) is 32.1 Å². The topological polar surface area (TPSA) is 25.2 Å². The lowest BCUT2D eigenvalue weighted by Crippen LogP contribution is -2.35. The first-order valence-corrected chi connectivity index (χ1v) is 4.27. The molecule has 0 spiro atoms. The van der Waals surface area contributed by atoms with Gasteiger partial charge in [0.2, 0.25) is 0 Å². The molecule has 0 bridgehead atoms. The van der Waals surface area contributed by atoms with Crippen LogP contribution in [-0.4, -0.2) is 5.54 Å². The van der Waals surface area contributed by atoms with E-state index < -0.39 is 0 Å². The number of hydrogen-bond donors (Lipinski definition) is 1. The van der Waals surface area contributed by atoms with Gasteiger partial charge >= 0.3 is 0 Å². The Bertz CT molecular complexity index is 245. The van der Waals surface area contributed by atoms with Crippen molar-refractivity contribution in [2.75, 3.05) is 0 Å². The monoisotopic (exact) mass is 167 g/mol. The summed E-state index contributed by atoms with van der Waals surface area (Å²) in [6.07, 6.45) is 1.73. The summed E-state index contributed by atoms with van der Waals surface area (Å²) in [5.41, 5.74) is 1.37. The molecule has 12 heavy (non-hydrogen) atoms. The molecule has 1 aromatic heterocycles. The molecule has 0 radical (unpaired) electrons. The fourth-order valence-electron chi connectivity index (χ4n) is 0.931. The molecule has 1 rings (SSSR count). The molecule has 0 fully saturated rings. The van der Waals surface area contributed by atoms with Crippen molar-refractivity contribution < 1.29 is 4.42 Å². The molecular weight excluding hydrogens is 150 g/mol.